The molecular formula is C22H16ClN3O4. The van der Waals surface area contributed by atoms with Gasteiger partial charge in [-0.15, -0.1) is 0 Å². The van der Waals surface area contributed by atoms with Gasteiger partial charge in [-0.1, -0.05) is 23.7 Å². The molecule has 7 nitrogen and oxygen atoms in total. The number of anilines is 1. The van der Waals surface area contributed by atoms with E-state index in [2.05, 4.69) is 10.3 Å². The summed E-state index contributed by atoms with van der Waals surface area (Å²) in [5.41, 5.74) is 1.27. The average Bonchev–Trinajstić information content (AvgIpc) is 3.36. The summed E-state index contributed by atoms with van der Waals surface area (Å²) in [5, 5.41) is 2.98. The van der Waals surface area contributed by atoms with Crippen LogP contribution < -0.4 is 5.32 Å². The molecule has 150 valence electrons. The van der Waals surface area contributed by atoms with E-state index < -0.39 is 23.8 Å². The van der Waals surface area contributed by atoms with Crippen LogP contribution in [0.3, 0.4) is 0 Å². The van der Waals surface area contributed by atoms with Gasteiger partial charge in [0, 0.05) is 16.8 Å². The van der Waals surface area contributed by atoms with Crippen LogP contribution in [0.15, 0.2) is 60.8 Å². The Balaban J connectivity index is 1.60. The van der Waals surface area contributed by atoms with Crippen molar-refractivity contribution in [1.82, 2.24) is 9.88 Å². The summed E-state index contributed by atoms with van der Waals surface area (Å²) in [7, 11) is 0. The highest BCUT2D eigenvalue weighted by atomic mass is 35.5. The maximum Gasteiger partial charge on any atom is 0.262 e. The number of rotatable bonds is 5. The molecule has 0 saturated heterocycles. The Morgan fingerprint density at radius 3 is 2.27 bits per heavy atom. The highest BCUT2D eigenvalue weighted by Gasteiger charge is 2.40. The van der Waals surface area contributed by atoms with E-state index in [-0.39, 0.29) is 28.2 Å². The summed E-state index contributed by atoms with van der Waals surface area (Å²) in [6, 6.07) is 13.1. The molecule has 0 spiro atoms. The van der Waals surface area contributed by atoms with Gasteiger partial charge in [0.15, 0.2) is 0 Å². The van der Waals surface area contributed by atoms with Crippen LogP contribution in [0.25, 0.3) is 0 Å². The van der Waals surface area contributed by atoms with Crippen molar-refractivity contribution in [3.05, 3.63) is 88.2 Å². The van der Waals surface area contributed by atoms with Crippen molar-refractivity contribution in [2.45, 2.75) is 13.0 Å². The molecule has 4 rings (SSSR count). The molecule has 2 aromatic carbocycles. The molecule has 1 aromatic heterocycles. The van der Waals surface area contributed by atoms with Crippen LogP contribution in [0, 0.1) is 0 Å². The number of imide groups is 1. The first kappa shape index (κ1) is 19.6. The van der Waals surface area contributed by atoms with Gasteiger partial charge in [-0.25, -0.2) is 0 Å². The van der Waals surface area contributed by atoms with Crippen LogP contribution >= 0.6 is 11.6 Å². The van der Waals surface area contributed by atoms with Crippen molar-refractivity contribution in [3.8, 4) is 0 Å². The quantitative estimate of drug-likeness (QED) is 0.486. The first-order valence-corrected chi connectivity index (χ1v) is 9.51. The summed E-state index contributed by atoms with van der Waals surface area (Å²) in [4.78, 5) is 54.7. The Labute approximate surface area is 176 Å². The fourth-order valence-corrected chi connectivity index (χ4v) is 3.52. The van der Waals surface area contributed by atoms with E-state index in [1.165, 1.54) is 25.1 Å². The Morgan fingerprint density at radius 1 is 1.00 bits per heavy atom. The molecule has 1 atom stereocenters. The lowest BCUT2D eigenvalue weighted by atomic mass is 10.1. The molecule has 0 aliphatic carbocycles. The first-order valence-electron chi connectivity index (χ1n) is 9.14. The summed E-state index contributed by atoms with van der Waals surface area (Å²) in [5.74, 6) is -2.02. The van der Waals surface area contributed by atoms with E-state index >= 15 is 0 Å². The Morgan fingerprint density at radius 2 is 1.67 bits per heavy atom. The molecule has 0 fully saturated rings. The normalized spacial score (nSPS) is 13.9. The lowest BCUT2D eigenvalue weighted by Gasteiger charge is -2.22. The summed E-state index contributed by atoms with van der Waals surface area (Å²) in [6.07, 6.45) is 1.61. The van der Waals surface area contributed by atoms with Gasteiger partial charge in [-0.2, -0.15) is 0 Å². The number of aromatic nitrogens is 1. The molecular weight excluding hydrogens is 406 g/mol. The van der Waals surface area contributed by atoms with Gasteiger partial charge >= 0.3 is 0 Å². The Kier molecular flexibility index (Phi) is 4.97. The number of nitrogens with one attached hydrogen (secondary N) is 2. The van der Waals surface area contributed by atoms with E-state index in [1.54, 1.807) is 42.6 Å². The number of hydrogen-bond acceptors (Lipinski definition) is 4. The van der Waals surface area contributed by atoms with Gasteiger partial charge in [0.25, 0.3) is 11.8 Å². The van der Waals surface area contributed by atoms with Crippen molar-refractivity contribution in [2.75, 3.05) is 5.32 Å². The van der Waals surface area contributed by atoms with Gasteiger partial charge < -0.3 is 10.3 Å². The maximum atomic E-state index is 12.9. The molecule has 1 unspecified atom stereocenters. The lowest BCUT2D eigenvalue weighted by molar-refractivity contribution is -0.119. The van der Waals surface area contributed by atoms with Gasteiger partial charge in [0.05, 0.1) is 22.5 Å². The molecule has 2 heterocycles. The zero-order valence-corrected chi connectivity index (χ0v) is 16.6. The third kappa shape index (κ3) is 3.29. The Hall–Kier alpha value is -3.71. The van der Waals surface area contributed by atoms with E-state index in [1.807, 2.05) is 0 Å². The average molecular weight is 422 g/mol. The molecule has 0 bridgehead atoms. The number of carbonyl (C=O) groups is 4. The second-order valence-electron chi connectivity index (χ2n) is 6.79. The second kappa shape index (κ2) is 7.61. The van der Waals surface area contributed by atoms with Gasteiger partial charge in [0.1, 0.15) is 6.04 Å². The molecule has 1 aliphatic heterocycles. The molecule has 2 N–H and O–H groups in total. The van der Waals surface area contributed by atoms with Crippen LogP contribution in [-0.2, 0) is 4.79 Å². The van der Waals surface area contributed by atoms with E-state index in [0.717, 1.165) is 4.90 Å². The first-order chi connectivity index (χ1) is 14.4. The lowest BCUT2D eigenvalue weighted by Crippen LogP contribution is -2.45. The molecule has 8 heteroatoms. The smallest absolute Gasteiger partial charge is 0.262 e. The predicted octanol–water partition coefficient (Wildman–Crippen LogP) is 3.52. The molecule has 3 aromatic rings. The third-order valence-electron chi connectivity index (χ3n) is 4.92. The molecule has 0 radical (unpaired) electrons. The zero-order chi connectivity index (χ0) is 21.4. The Bertz CT molecular complexity index is 1150. The summed E-state index contributed by atoms with van der Waals surface area (Å²) >= 11 is 6.04. The number of ketones is 1. The molecule has 30 heavy (non-hydrogen) atoms. The number of halogens is 1. The number of aromatic amines is 1. The maximum absolute atomic E-state index is 12.9. The summed E-state index contributed by atoms with van der Waals surface area (Å²) in [6.45, 7) is 1.46. The van der Waals surface area contributed by atoms with Crippen molar-refractivity contribution < 1.29 is 19.2 Å². The van der Waals surface area contributed by atoms with Crippen molar-refractivity contribution >= 4 is 40.8 Å². The van der Waals surface area contributed by atoms with Gasteiger partial charge in [0.2, 0.25) is 11.7 Å². The van der Waals surface area contributed by atoms with E-state index in [9.17, 15) is 19.2 Å². The van der Waals surface area contributed by atoms with Crippen LogP contribution in [0.4, 0.5) is 5.69 Å². The number of amides is 3. The fourth-order valence-electron chi connectivity index (χ4n) is 3.34. The molecule has 1 aliphatic rings. The topological polar surface area (TPSA) is 99.3 Å². The third-order valence-corrected chi connectivity index (χ3v) is 5.15. The van der Waals surface area contributed by atoms with E-state index in [0.29, 0.717) is 10.7 Å². The number of benzene rings is 2. The minimum absolute atomic E-state index is 0.188. The minimum atomic E-state index is -1.08. The number of hydrogen-bond donors (Lipinski definition) is 2. The minimum Gasteiger partial charge on any atom is -0.359 e. The zero-order valence-electron chi connectivity index (χ0n) is 15.8. The van der Waals surface area contributed by atoms with Crippen LogP contribution in [0.1, 0.15) is 43.7 Å². The molecule has 3 amide bonds. The van der Waals surface area contributed by atoms with Crippen LogP contribution in [0.2, 0.25) is 5.02 Å². The fraction of sp³-hybridized carbons (Fsp3) is 0.0909. The predicted molar refractivity (Wildman–Crippen MR) is 111 cm³/mol. The van der Waals surface area contributed by atoms with Gasteiger partial charge in [-0.05, 0) is 49.4 Å². The van der Waals surface area contributed by atoms with Crippen LogP contribution in [0.5, 0.6) is 0 Å². The SMILES string of the molecule is CC(C(=O)Nc1ccc(Cl)cc1C(=O)c1ccc[nH]1)N1C(=O)c2ccccc2C1=O. The van der Waals surface area contributed by atoms with Crippen molar-refractivity contribution in [1.29, 1.82) is 0 Å². The number of nitrogens with zero attached hydrogens (tertiary/aromatic N) is 1. The van der Waals surface area contributed by atoms with Gasteiger partial charge in [-0.3, -0.25) is 24.1 Å². The van der Waals surface area contributed by atoms with Crippen molar-refractivity contribution in [2.24, 2.45) is 0 Å². The van der Waals surface area contributed by atoms with E-state index in [4.69, 9.17) is 11.6 Å². The summed E-state index contributed by atoms with van der Waals surface area (Å²) < 4.78 is 0. The van der Waals surface area contributed by atoms with Crippen LogP contribution in [-0.4, -0.2) is 39.4 Å². The van der Waals surface area contributed by atoms with Crippen molar-refractivity contribution in [3.63, 3.8) is 0 Å². The number of fused-ring (bicyclic) bond motifs is 1. The number of H-pyrrole nitrogens is 1. The standard InChI is InChI=1S/C22H16ClN3O4/c1-12(26-21(29)14-5-2-3-6-15(14)22(26)30)20(28)25-17-9-8-13(23)11-16(17)19(27)18-7-4-10-24-18/h2-12,24H,1H3,(H,25,28). The second-order valence-corrected chi connectivity index (χ2v) is 7.23. The monoisotopic (exact) mass is 421 g/mol. The highest BCUT2D eigenvalue weighted by molar-refractivity contribution is 6.31. The largest absolute Gasteiger partial charge is 0.359 e. The highest BCUT2D eigenvalue weighted by Crippen LogP contribution is 2.27. The molecule has 0 saturated carbocycles. The number of carbonyl (C=O) groups excluding carboxylic acids is 4.